The predicted octanol–water partition coefficient (Wildman–Crippen LogP) is 2.30. The maximum Gasteiger partial charge on any atom is 0.303 e. The summed E-state index contributed by atoms with van der Waals surface area (Å²) in [4.78, 5) is 10.0. The molecule has 3 atom stereocenters. The van der Waals surface area contributed by atoms with Gasteiger partial charge in [0.05, 0.1) is 0 Å². The van der Waals surface area contributed by atoms with E-state index >= 15 is 0 Å². The van der Waals surface area contributed by atoms with E-state index in [1.54, 1.807) is 0 Å². The van der Waals surface area contributed by atoms with Crippen LogP contribution >= 0.6 is 25.2 Å². The van der Waals surface area contributed by atoms with Crippen molar-refractivity contribution in [2.24, 2.45) is 0 Å². The number of carbonyl (C=O) groups is 1. The van der Waals surface area contributed by atoms with E-state index in [-0.39, 0.29) is 0 Å². The first kappa shape index (κ1) is 10.8. The molecule has 0 aromatic heterocycles. The number of hydrogen-bond donors (Lipinski definition) is 1. The summed E-state index contributed by atoms with van der Waals surface area (Å²) in [6.07, 6.45) is 3.46. The molecular formula is C5H13O2P3. The predicted molar refractivity (Wildman–Crippen MR) is 52.7 cm³/mol. The zero-order valence-corrected chi connectivity index (χ0v) is 8.92. The van der Waals surface area contributed by atoms with Crippen LogP contribution in [0.3, 0.4) is 0 Å². The third-order valence-corrected chi connectivity index (χ3v) is 5.05. The molecular weight excluding hydrogens is 185 g/mol. The zero-order chi connectivity index (χ0) is 7.82. The van der Waals surface area contributed by atoms with Gasteiger partial charge >= 0.3 is 5.97 Å². The third kappa shape index (κ3) is 8.76. The normalized spacial score (nSPS) is 12.1. The highest BCUT2D eigenvalue weighted by molar-refractivity contribution is 8.38. The van der Waals surface area contributed by atoms with Gasteiger partial charge in [-0.3, -0.25) is 4.79 Å². The van der Waals surface area contributed by atoms with Crippen LogP contribution in [0.15, 0.2) is 0 Å². The second kappa shape index (κ2) is 7.86. The van der Waals surface area contributed by atoms with E-state index in [1.807, 2.05) is 0 Å². The average molecular weight is 198 g/mol. The van der Waals surface area contributed by atoms with Gasteiger partial charge in [0, 0.05) is 6.42 Å². The van der Waals surface area contributed by atoms with Gasteiger partial charge in [0.2, 0.25) is 0 Å². The fraction of sp³-hybridized carbons (Fsp3) is 0.800. The van der Waals surface area contributed by atoms with Crippen molar-refractivity contribution in [3.8, 4) is 0 Å². The van der Waals surface area contributed by atoms with Crippen LogP contribution in [0.2, 0.25) is 0 Å². The Balaban J connectivity index is 2.84. The molecule has 0 rings (SSSR count). The molecule has 0 amide bonds. The molecule has 0 aromatic carbocycles. The molecule has 0 saturated heterocycles. The van der Waals surface area contributed by atoms with Crippen LogP contribution in [0, 0.1) is 0 Å². The van der Waals surface area contributed by atoms with Crippen molar-refractivity contribution in [3.63, 3.8) is 0 Å². The number of unbranched alkanes of at least 4 members (excludes halogenated alkanes) is 1. The van der Waals surface area contributed by atoms with E-state index in [0.717, 1.165) is 29.1 Å². The highest BCUT2D eigenvalue weighted by Crippen LogP contribution is 2.43. The van der Waals surface area contributed by atoms with E-state index in [9.17, 15) is 4.79 Å². The summed E-state index contributed by atoms with van der Waals surface area (Å²) in [5.74, 6) is -0.670. The average Bonchev–Trinajstić information content (AvgIpc) is 1.87. The van der Waals surface area contributed by atoms with Gasteiger partial charge in [-0.15, -0.1) is 8.93 Å². The maximum atomic E-state index is 10.0. The van der Waals surface area contributed by atoms with Crippen molar-refractivity contribution in [3.05, 3.63) is 0 Å². The van der Waals surface area contributed by atoms with Crippen LogP contribution < -0.4 is 0 Å². The topological polar surface area (TPSA) is 37.3 Å². The summed E-state index contributed by atoms with van der Waals surface area (Å²) in [6, 6.07) is 0. The molecule has 0 radical (unpaired) electrons. The number of aliphatic carboxylic acids is 1. The lowest BCUT2D eigenvalue weighted by Crippen LogP contribution is -1.93. The third-order valence-electron chi connectivity index (χ3n) is 1.04. The number of carboxylic acids is 1. The van der Waals surface area contributed by atoms with Gasteiger partial charge in [0.25, 0.3) is 0 Å². The summed E-state index contributed by atoms with van der Waals surface area (Å²) in [5.41, 5.74) is 0. The van der Waals surface area contributed by atoms with Crippen LogP contribution in [0.1, 0.15) is 19.3 Å². The molecule has 0 fully saturated rings. The Hall–Kier alpha value is 0.760. The van der Waals surface area contributed by atoms with Gasteiger partial charge in [0.15, 0.2) is 0 Å². The van der Waals surface area contributed by atoms with Gasteiger partial charge < -0.3 is 5.11 Å². The van der Waals surface area contributed by atoms with E-state index in [4.69, 9.17) is 5.11 Å². The molecule has 10 heavy (non-hydrogen) atoms. The van der Waals surface area contributed by atoms with Crippen LogP contribution in [-0.4, -0.2) is 17.2 Å². The first-order chi connectivity index (χ1) is 4.77. The monoisotopic (exact) mass is 198 g/mol. The molecule has 0 aliphatic carbocycles. The summed E-state index contributed by atoms with van der Waals surface area (Å²) in [5, 5.41) is 8.27. The second-order valence-corrected chi connectivity index (χ2v) is 7.59. The smallest absolute Gasteiger partial charge is 0.303 e. The lowest BCUT2D eigenvalue weighted by atomic mass is 10.3. The number of rotatable bonds is 6. The molecule has 0 saturated carbocycles. The number of hydrogen-bond acceptors (Lipinski definition) is 1. The summed E-state index contributed by atoms with van der Waals surface area (Å²) < 4.78 is 0. The Morgan fingerprint density at radius 3 is 2.70 bits per heavy atom. The van der Waals surface area contributed by atoms with Gasteiger partial charge in [-0.2, -0.15) is 0 Å². The van der Waals surface area contributed by atoms with Crippen molar-refractivity contribution in [1.82, 2.24) is 0 Å². The maximum absolute atomic E-state index is 10.0. The molecule has 1 N–H and O–H groups in total. The van der Waals surface area contributed by atoms with Crippen molar-refractivity contribution in [2.45, 2.75) is 19.3 Å². The summed E-state index contributed by atoms with van der Waals surface area (Å²) in [6.45, 7) is 0. The summed E-state index contributed by atoms with van der Waals surface area (Å²) >= 11 is 0. The molecule has 0 aliphatic rings. The van der Waals surface area contributed by atoms with E-state index in [2.05, 4.69) is 8.93 Å². The number of carboxylic acid groups (broad SMARTS) is 1. The Morgan fingerprint density at radius 1 is 1.50 bits per heavy atom. The summed E-state index contributed by atoms with van der Waals surface area (Å²) in [7, 11) is 4.68. The molecule has 0 spiro atoms. The Bertz CT molecular complexity index is 96.9. The van der Waals surface area contributed by atoms with Gasteiger partial charge in [0.1, 0.15) is 0 Å². The van der Waals surface area contributed by atoms with Crippen LogP contribution in [-0.2, 0) is 4.79 Å². The first-order valence-electron chi connectivity index (χ1n) is 3.17. The largest absolute Gasteiger partial charge is 0.481 e. The fourth-order valence-corrected chi connectivity index (χ4v) is 3.40. The van der Waals surface area contributed by atoms with Crippen molar-refractivity contribution in [2.75, 3.05) is 6.16 Å². The van der Waals surface area contributed by atoms with Crippen LogP contribution in [0.4, 0.5) is 0 Å². The van der Waals surface area contributed by atoms with Crippen molar-refractivity contribution < 1.29 is 9.90 Å². The Kier molecular flexibility index (Phi) is 8.46. The minimum absolute atomic E-state index is 0.338. The highest BCUT2D eigenvalue weighted by atomic mass is 32.4. The lowest BCUT2D eigenvalue weighted by molar-refractivity contribution is -0.137. The standard InChI is InChI=1S/C5H13O2P3/c6-5(7)3-1-2-4-9-10-8/h9-10H,1-4,8H2,(H,6,7). The Morgan fingerprint density at radius 2 is 2.20 bits per heavy atom. The van der Waals surface area contributed by atoms with Crippen LogP contribution in [0.25, 0.3) is 0 Å². The Labute approximate surface area is 67.1 Å². The molecule has 60 valence electrons. The highest BCUT2D eigenvalue weighted by Gasteiger charge is 1.94. The van der Waals surface area contributed by atoms with E-state index in [1.165, 1.54) is 6.16 Å². The minimum Gasteiger partial charge on any atom is -0.481 e. The van der Waals surface area contributed by atoms with Gasteiger partial charge in [-0.25, -0.2) is 0 Å². The molecule has 5 heteroatoms. The van der Waals surface area contributed by atoms with Crippen LogP contribution in [0.5, 0.6) is 0 Å². The fourth-order valence-electron chi connectivity index (χ4n) is 0.562. The molecule has 3 unspecified atom stereocenters. The quantitative estimate of drug-likeness (QED) is 0.525. The molecule has 0 bridgehead atoms. The molecule has 0 heterocycles. The SMILES string of the molecule is O=C(O)CCCCPPP. The van der Waals surface area contributed by atoms with Crippen molar-refractivity contribution >= 4 is 31.1 Å². The van der Waals surface area contributed by atoms with Gasteiger partial charge in [-0.05, 0) is 19.0 Å². The van der Waals surface area contributed by atoms with E-state index < -0.39 is 5.97 Å². The molecule has 0 aromatic rings. The lowest BCUT2D eigenvalue weighted by Gasteiger charge is -1.95. The second-order valence-electron chi connectivity index (χ2n) is 1.92. The molecule has 0 aliphatic heterocycles. The zero-order valence-electron chi connectivity index (χ0n) is 5.76. The van der Waals surface area contributed by atoms with E-state index in [0.29, 0.717) is 6.42 Å². The van der Waals surface area contributed by atoms with Gasteiger partial charge in [-0.1, -0.05) is 16.2 Å². The van der Waals surface area contributed by atoms with Crippen molar-refractivity contribution in [1.29, 1.82) is 0 Å². The first-order valence-corrected chi connectivity index (χ1v) is 8.19. The molecule has 2 nitrogen and oxygen atoms in total. The minimum atomic E-state index is -0.670.